The average molecular weight is 472 g/mol. The minimum absolute atomic E-state index is 0.159. The Hall–Kier alpha value is -4.29. The molecule has 1 aromatic heterocycles. The molecule has 0 radical (unpaired) electrons. The van der Waals surface area contributed by atoms with Gasteiger partial charge in [-0.15, -0.1) is 10.2 Å². The first-order valence-corrected chi connectivity index (χ1v) is 11.3. The number of nitriles is 1. The van der Waals surface area contributed by atoms with Gasteiger partial charge in [0.25, 0.3) is 0 Å². The van der Waals surface area contributed by atoms with E-state index < -0.39 is 0 Å². The average Bonchev–Trinajstić information content (AvgIpc) is 3.30. The number of rotatable bonds is 9. The van der Waals surface area contributed by atoms with Crippen molar-refractivity contribution < 1.29 is 14.3 Å². The molecule has 0 saturated carbocycles. The maximum Gasteiger partial charge on any atom is 0.234 e. The first-order valence-electron chi connectivity index (χ1n) is 10.4. The van der Waals surface area contributed by atoms with Crippen LogP contribution in [0.25, 0.3) is 5.69 Å². The van der Waals surface area contributed by atoms with E-state index in [1.807, 2.05) is 34.9 Å². The molecule has 4 rings (SSSR count). The first-order chi connectivity index (χ1) is 16.7. The van der Waals surface area contributed by atoms with E-state index in [2.05, 4.69) is 21.6 Å². The molecule has 3 aromatic carbocycles. The van der Waals surface area contributed by atoms with Crippen LogP contribution in [0.4, 0.5) is 5.69 Å². The van der Waals surface area contributed by atoms with Gasteiger partial charge in [0.05, 0.1) is 24.5 Å². The molecule has 0 spiro atoms. The van der Waals surface area contributed by atoms with Crippen molar-refractivity contribution in [1.82, 2.24) is 14.8 Å². The molecule has 1 N–H and O–H groups in total. The zero-order valence-corrected chi connectivity index (χ0v) is 19.2. The fourth-order valence-corrected chi connectivity index (χ4v) is 3.87. The number of thioether (sulfide) groups is 1. The Morgan fingerprint density at radius 2 is 1.71 bits per heavy atom. The van der Waals surface area contributed by atoms with Crippen molar-refractivity contribution >= 4 is 23.4 Å². The molecular formula is C25H21N5O3S. The maximum absolute atomic E-state index is 12.5. The van der Waals surface area contributed by atoms with Crippen LogP contribution in [0.3, 0.4) is 0 Å². The van der Waals surface area contributed by atoms with Gasteiger partial charge in [-0.1, -0.05) is 30.0 Å². The summed E-state index contributed by atoms with van der Waals surface area (Å²) < 4.78 is 12.9. The molecule has 0 aliphatic rings. The number of nitrogens with one attached hydrogen (secondary N) is 1. The third-order valence-electron chi connectivity index (χ3n) is 4.77. The number of hydrogen-bond donors (Lipinski definition) is 1. The number of benzene rings is 3. The third-order valence-corrected chi connectivity index (χ3v) is 5.70. The van der Waals surface area contributed by atoms with Crippen LogP contribution in [-0.2, 0) is 11.4 Å². The lowest BCUT2D eigenvalue weighted by Gasteiger charge is -2.11. The predicted octanol–water partition coefficient (Wildman–Crippen LogP) is 4.46. The molecule has 0 aliphatic carbocycles. The van der Waals surface area contributed by atoms with Crippen LogP contribution >= 0.6 is 11.8 Å². The molecule has 0 aliphatic heterocycles. The van der Waals surface area contributed by atoms with E-state index in [-0.39, 0.29) is 18.3 Å². The summed E-state index contributed by atoms with van der Waals surface area (Å²) in [5.41, 5.74) is 2.11. The molecule has 34 heavy (non-hydrogen) atoms. The van der Waals surface area contributed by atoms with Crippen molar-refractivity contribution in [2.45, 2.75) is 11.8 Å². The van der Waals surface area contributed by atoms with Crippen LogP contribution in [0.15, 0.2) is 84.0 Å². The van der Waals surface area contributed by atoms with Gasteiger partial charge < -0.3 is 14.8 Å². The lowest BCUT2D eigenvalue weighted by atomic mass is 10.2. The Bertz CT molecular complexity index is 1280. The second kappa shape index (κ2) is 11.0. The Morgan fingerprint density at radius 3 is 2.38 bits per heavy atom. The van der Waals surface area contributed by atoms with E-state index in [0.717, 1.165) is 11.4 Å². The van der Waals surface area contributed by atoms with Gasteiger partial charge in [-0.05, 0) is 60.7 Å². The first kappa shape index (κ1) is 22.9. The summed E-state index contributed by atoms with van der Waals surface area (Å²) in [5.74, 6) is 1.93. The van der Waals surface area contributed by atoms with Gasteiger partial charge in [0.1, 0.15) is 18.1 Å². The Labute approximate surface area is 201 Å². The molecule has 8 nitrogen and oxygen atoms in total. The number of carbonyl (C=O) groups excluding carboxylic acids is 1. The fourth-order valence-electron chi connectivity index (χ4n) is 3.10. The number of amides is 1. The van der Waals surface area contributed by atoms with Gasteiger partial charge in [-0.25, -0.2) is 0 Å². The van der Waals surface area contributed by atoms with Crippen molar-refractivity contribution in [3.05, 3.63) is 90.3 Å². The highest BCUT2D eigenvalue weighted by Crippen LogP contribution is 2.24. The van der Waals surface area contributed by atoms with Crippen LogP contribution in [-0.4, -0.2) is 33.5 Å². The number of carbonyl (C=O) groups is 1. The van der Waals surface area contributed by atoms with Gasteiger partial charge in [-0.3, -0.25) is 9.36 Å². The minimum Gasteiger partial charge on any atom is -0.497 e. The highest BCUT2D eigenvalue weighted by molar-refractivity contribution is 7.99. The molecule has 0 bridgehead atoms. The molecule has 4 aromatic rings. The lowest BCUT2D eigenvalue weighted by molar-refractivity contribution is -0.113. The number of aromatic nitrogens is 3. The minimum atomic E-state index is -0.159. The van der Waals surface area contributed by atoms with E-state index >= 15 is 0 Å². The Balaban J connectivity index is 1.46. The van der Waals surface area contributed by atoms with Crippen LogP contribution < -0.4 is 14.8 Å². The molecule has 1 amide bonds. The van der Waals surface area contributed by atoms with Crippen molar-refractivity contribution in [2.75, 3.05) is 18.2 Å². The quantitative estimate of drug-likeness (QED) is 0.360. The summed E-state index contributed by atoms with van der Waals surface area (Å²) in [4.78, 5) is 12.5. The number of anilines is 1. The molecular weight excluding hydrogens is 450 g/mol. The number of ether oxygens (including phenoxy) is 2. The third kappa shape index (κ3) is 5.74. The molecule has 0 fully saturated rings. The van der Waals surface area contributed by atoms with E-state index in [1.54, 1.807) is 55.6 Å². The van der Waals surface area contributed by atoms with Gasteiger partial charge in [-0.2, -0.15) is 5.26 Å². The van der Waals surface area contributed by atoms with E-state index in [1.165, 1.54) is 11.8 Å². The standard InChI is InChI=1S/C25H21N5O3S/c1-32-21-13-9-19(10-14-21)27-24(31)17-34-25-29-28-23(30(25)20-5-3-2-4-6-20)16-33-22-11-7-18(15-26)8-12-22/h2-14H,16-17H2,1H3,(H,27,31). The smallest absolute Gasteiger partial charge is 0.234 e. The van der Waals surface area contributed by atoms with Gasteiger partial charge in [0.15, 0.2) is 11.0 Å². The van der Waals surface area contributed by atoms with Crippen LogP contribution in [0.2, 0.25) is 0 Å². The maximum atomic E-state index is 12.5. The van der Waals surface area contributed by atoms with Crippen molar-refractivity contribution in [2.24, 2.45) is 0 Å². The summed E-state index contributed by atoms with van der Waals surface area (Å²) >= 11 is 1.29. The molecule has 9 heteroatoms. The summed E-state index contributed by atoms with van der Waals surface area (Å²) in [6.45, 7) is 0.173. The second-order valence-electron chi connectivity index (χ2n) is 7.06. The van der Waals surface area contributed by atoms with E-state index in [4.69, 9.17) is 14.7 Å². The summed E-state index contributed by atoms with van der Waals surface area (Å²) in [7, 11) is 1.59. The zero-order chi connectivity index (χ0) is 23.8. The van der Waals surface area contributed by atoms with Gasteiger partial charge in [0, 0.05) is 11.4 Å². The van der Waals surface area contributed by atoms with Crippen LogP contribution in [0, 0.1) is 11.3 Å². The number of hydrogen-bond acceptors (Lipinski definition) is 7. The van der Waals surface area contributed by atoms with Crippen molar-refractivity contribution in [3.8, 4) is 23.3 Å². The van der Waals surface area contributed by atoms with E-state index in [0.29, 0.717) is 28.0 Å². The highest BCUT2D eigenvalue weighted by Gasteiger charge is 2.16. The number of para-hydroxylation sites is 1. The Kier molecular flexibility index (Phi) is 7.42. The zero-order valence-electron chi connectivity index (χ0n) is 18.3. The highest BCUT2D eigenvalue weighted by atomic mass is 32.2. The van der Waals surface area contributed by atoms with Crippen molar-refractivity contribution in [1.29, 1.82) is 5.26 Å². The lowest BCUT2D eigenvalue weighted by Crippen LogP contribution is -2.14. The van der Waals surface area contributed by atoms with Crippen LogP contribution in [0.1, 0.15) is 11.4 Å². The number of methoxy groups -OCH3 is 1. The molecule has 1 heterocycles. The summed E-state index contributed by atoms with van der Waals surface area (Å²) in [5, 5.41) is 21.0. The Morgan fingerprint density at radius 1 is 1.00 bits per heavy atom. The van der Waals surface area contributed by atoms with Crippen LogP contribution in [0.5, 0.6) is 11.5 Å². The molecule has 170 valence electrons. The normalized spacial score (nSPS) is 10.4. The largest absolute Gasteiger partial charge is 0.497 e. The van der Waals surface area contributed by atoms with Crippen molar-refractivity contribution in [3.63, 3.8) is 0 Å². The molecule has 0 saturated heterocycles. The SMILES string of the molecule is COc1ccc(NC(=O)CSc2nnc(COc3ccc(C#N)cc3)n2-c2ccccc2)cc1. The van der Waals surface area contributed by atoms with E-state index in [9.17, 15) is 4.79 Å². The molecule has 0 unspecified atom stereocenters. The topological polar surface area (TPSA) is 102 Å². The summed E-state index contributed by atoms with van der Waals surface area (Å²) in [6, 6.07) is 25.7. The monoisotopic (exact) mass is 471 g/mol. The van der Waals surface area contributed by atoms with Gasteiger partial charge >= 0.3 is 0 Å². The fraction of sp³-hybridized carbons (Fsp3) is 0.120. The van der Waals surface area contributed by atoms with Gasteiger partial charge in [0.2, 0.25) is 5.91 Å². The molecule has 0 atom stereocenters. The second-order valence-corrected chi connectivity index (χ2v) is 8.00. The number of nitrogens with zero attached hydrogens (tertiary/aromatic N) is 4. The predicted molar refractivity (Wildman–Crippen MR) is 129 cm³/mol. The summed E-state index contributed by atoms with van der Waals surface area (Å²) in [6.07, 6.45) is 0.